The van der Waals surface area contributed by atoms with Gasteiger partial charge in [0, 0.05) is 55.7 Å². The van der Waals surface area contributed by atoms with E-state index in [1.165, 1.54) is 16.6 Å². The highest BCUT2D eigenvalue weighted by Crippen LogP contribution is 2.32. The van der Waals surface area contributed by atoms with Crippen molar-refractivity contribution in [2.24, 2.45) is 0 Å². The zero-order valence-corrected chi connectivity index (χ0v) is 22.1. The van der Waals surface area contributed by atoms with Crippen LogP contribution in [-0.2, 0) is 10.0 Å². The van der Waals surface area contributed by atoms with E-state index in [9.17, 15) is 12.8 Å². The minimum Gasteiger partial charge on any atom is -0.368 e. The maximum Gasteiger partial charge on any atom is 0.223 e. The van der Waals surface area contributed by atoms with Crippen LogP contribution in [0.3, 0.4) is 0 Å². The van der Waals surface area contributed by atoms with Crippen LogP contribution in [0.15, 0.2) is 42.7 Å². The molecule has 0 spiro atoms. The molecule has 38 heavy (non-hydrogen) atoms. The Hall–Kier alpha value is -3.81. The van der Waals surface area contributed by atoms with Gasteiger partial charge in [0.15, 0.2) is 5.82 Å². The molecule has 3 aromatic heterocycles. The Labute approximate surface area is 220 Å². The largest absolute Gasteiger partial charge is 0.368 e. The maximum atomic E-state index is 14.8. The number of pyridine rings is 2. The molecule has 1 saturated heterocycles. The number of fused-ring (bicyclic) bond motifs is 1. The topological polar surface area (TPSA) is 143 Å². The van der Waals surface area contributed by atoms with Crippen LogP contribution in [0.2, 0.25) is 0 Å². The summed E-state index contributed by atoms with van der Waals surface area (Å²) in [6, 6.07) is 8.36. The van der Waals surface area contributed by atoms with Gasteiger partial charge >= 0.3 is 0 Å². The quantitative estimate of drug-likeness (QED) is 0.377. The highest BCUT2D eigenvalue weighted by atomic mass is 32.2. The molecule has 0 aliphatic carbocycles. The number of benzene rings is 1. The van der Waals surface area contributed by atoms with Gasteiger partial charge in [-0.1, -0.05) is 0 Å². The Bertz CT molecular complexity index is 1590. The molecule has 3 N–H and O–H groups in total. The van der Waals surface area contributed by atoms with E-state index < -0.39 is 15.8 Å². The number of halogens is 1. The second-order valence-corrected chi connectivity index (χ2v) is 11.2. The molecule has 1 fully saturated rings. The number of nitrogens with zero attached hydrogens (tertiary/aromatic N) is 7. The van der Waals surface area contributed by atoms with Gasteiger partial charge in [-0.3, -0.25) is 9.88 Å². The fourth-order valence-electron chi connectivity index (χ4n) is 4.58. The molecule has 0 radical (unpaired) electrons. The lowest BCUT2D eigenvalue weighted by Gasteiger charge is -2.37. The van der Waals surface area contributed by atoms with Gasteiger partial charge in [0.05, 0.1) is 17.3 Å². The van der Waals surface area contributed by atoms with Gasteiger partial charge in [0.2, 0.25) is 16.0 Å². The van der Waals surface area contributed by atoms with Crippen molar-refractivity contribution >= 4 is 38.4 Å². The lowest BCUT2D eigenvalue weighted by Crippen LogP contribution is -2.48. The van der Waals surface area contributed by atoms with E-state index in [4.69, 9.17) is 5.73 Å². The van der Waals surface area contributed by atoms with E-state index in [1.807, 2.05) is 13.0 Å². The molecule has 0 bridgehead atoms. The number of hydrogen-bond donors (Lipinski definition) is 2. The third-order valence-electron chi connectivity index (χ3n) is 6.62. The number of nitrogens with two attached hydrogens (primary N) is 1. The van der Waals surface area contributed by atoms with Gasteiger partial charge in [-0.2, -0.15) is 14.3 Å². The van der Waals surface area contributed by atoms with Crippen LogP contribution >= 0.6 is 0 Å². The summed E-state index contributed by atoms with van der Waals surface area (Å²) in [7, 11) is -3.22. The molecule has 5 rings (SSSR count). The van der Waals surface area contributed by atoms with Crippen molar-refractivity contribution in [1.29, 1.82) is 0 Å². The summed E-state index contributed by atoms with van der Waals surface area (Å²) in [6.07, 6.45) is 4.58. The van der Waals surface area contributed by atoms with Crippen LogP contribution in [0, 0.1) is 12.7 Å². The fourth-order valence-corrected chi connectivity index (χ4v) is 5.41. The first-order valence-electron chi connectivity index (χ1n) is 12.1. The first-order chi connectivity index (χ1) is 18.1. The SMILES string of the molecule is Cc1nc(N)nc(-c2cc(C(C)N3CCN(S(C)(=O)=O)CC3)cnc2Nc2cc(F)c3cccnc3c2)n1. The van der Waals surface area contributed by atoms with Gasteiger partial charge in [-0.05, 0) is 49.7 Å². The summed E-state index contributed by atoms with van der Waals surface area (Å²) < 4.78 is 40.1. The normalized spacial score (nSPS) is 16.0. The molecule has 4 heterocycles. The molecule has 198 valence electrons. The summed E-state index contributed by atoms with van der Waals surface area (Å²) in [5.74, 6) is 0.880. The van der Waals surface area contributed by atoms with Crippen molar-refractivity contribution in [2.45, 2.75) is 19.9 Å². The zero-order chi connectivity index (χ0) is 27.0. The number of anilines is 3. The maximum absolute atomic E-state index is 14.8. The number of nitrogens with one attached hydrogen (secondary N) is 1. The fraction of sp³-hybridized carbons (Fsp3) is 0.320. The van der Waals surface area contributed by atoms with Crippen LogP contribution in [0.4, 0.5) is 21.8 Å². The van der Waals surface area contributed by atoms with Crippen molar-refractivity contribution in [2.75, 3.05) is 43.5 Å². The third-order valence-corrected chi connectivity index (χ3v) is 7.92. The van der Waals surface area contributed by atoms with Crippen LogP contribution < -0.4 is 11.1 Å². The van der Waals surface area contributed by atoms with Gasteiger partial charge in [-0.25, -0.2) is 22.8 Å². The number of piperazine rings is 1. The second kappa shape index (κ2) is 10.2. The second-order valence-electron chi connectivity index (χ2n) is 9.26. The molecular formula is C25H28FN9O2S. The predicted molar refractivity (Wildman–Crippen MR) is 144 cm³/mol. The molecule has 0 amide bonds. The average molecular weight is 538 g/mol. The predicted octanol–water partition coefficient (Wildman–Crippen LogP) is 2.89. The van der Waals surface area contributed by atoms with Gasteiger partial charge < -0.3 is 11.1 Å². The Morgan fingerprint density at radius 1 is 1.08 bits per heavy atom. The molecule has 1 aliphatic rings. The molecule has 4 aromatic rings. The van der Waals surface area contributed by atoms with E-state index in [0.717, 1.165) is 5.56 Å². The van der Waals surface area contributed by atoms with E-state index in [2.05, 4.69) is 35.1 Å². The van der Waals surface area contributed by atoms with Gasteiger partial charge in [0.1, 0.15) is 17.5 Å². The van der Waals surface area contributed by atoms with Crippen molar-refractivity contribution in [1.82, 2.24) is 34.1 Å². The molecule has 1 unspecified atom stereocenters. The average Bonchev–Trinajstić information content (AvgIpc) is 2.87. The van der Waals surface area contributed by atoms with E-state index in [0.29, 0.717) is 65.8 Å². The lowest BCUT2D eigenvalue weighted by atomic mass is 10.0. The lowest BCUT2D eigenvalue weighted by molar-refractivity contribution is 0.146. The molecule has 11 nitrogen and oxygen atoms in total. The van der Waals surface area contributed by atoms with Crippen LogP contribution in [0.25, 0.3) is 22.3 Å². The molecule has 1 aliphatic heterocycles. The van der Waals surface area contributed by atoms with Crippen molar-refractivity contribution in [3.63, 3.8) is 0 Å². The Morgan fingerprint density at radius 2 is 1.84 bits per heavy atom. The van der Waals surface area contributed by atoms with Crippen molar-refractivity contribution < 1.29 is 12.8 Å². The minimum atomic E-state index is -3.22. The Morgan fingerprint density at radius 3 is 2.55 bits per heavy atom. The number of sulfonamides is 1. The smallest absolute Gasteiger partial charge is 0.223 e. The Kier molecular flexibility index (Phi) is 6.90. The van der Waals surface area contributed by atoms with Crippen molar-refractivity contribution in [3.8, 4) is 11.4 Å². The number of aryl methyl sites for hydroxylation is 1. The first-order valence-corrected chi connectivity index (χ1v) is 13.9. The van der Waals surface area contributed by atoms with Gasteiger partial charge in [0.25, 0.3) is 0 Å². The highest BCUT2D eigenvalue weighted by Gasteiger charge is 2.27. The minimum absolute atomic E-state index is 0.0559. The number of nitrogen functional groups attached to an aromatic ring is 1. The molecule has 13 heteroatoms. The molecule has 1 atom stereocenters. The summed E-state index contributed by atoms with van der Waals surface area (Å²) in [4.78, 5) is 24.0. The molecule has 0 saturated carbocycles. The van der Waals surface area contributed by atoms with Crippen LogP contribution in [0.5, 0.6) is 0 Å². The Balaban J connectivity index is 1.50. The standard InChI is InChI=1S/C25H28FN9O2S/c1-15(34-7-9-35(10-8-34)38(3,36)37)17-11-20(24-30-16(2)31-25(27)33-24)23(29-14-17)32-18-12-21(26)19-5-4-6-28-22(19)13-18/h4-6,11-15H,7-10H2,1-3H3,(H,29,32)(H2,27,30,31,33). The number of hydrogen-bond acceptors (Lipinski definition) is 10. The van der Waals surface area contributed by atoms with Crippen LogP contribution in [0.1, 0.15) is 24.4 Å². The van der Waals surface area contributed by atoms with E-state index in [-0.39, 0.29) is 12.0 Å². The summed E-state index contributed by atoms with van der Waals surface area (Å²) in [5, 5.41) is 3.62. The summed E-state index contributed by atoms with van der Waals surface area (Å²) in [6.45, 7) is 5.79. The van der Waals surface area contributed by atoms with Crippen molar-refractivity contribution in [3.05, 3.63) is 59.9 Å². The van der Waals surface area contributed by atoms with E-state index in [1.54, 1.807) is 37.5 Å². The number of rotatable bonds is 6. The molecular weight excluding hydrogens is 509 g/mol. The molecule has 1 aromatic carbocycles. The highest BCUT2D eigenvalue weighted by molar-refractivity contribution is 7.88. The summed E-state index contributed by atoms with van der Waals surface area (Å²) in [5.41, 5.74) is 8.36. The zero-order valence-electron chi connectivity index (χ0n) is 21.3. The third kappa shape index (κ3) is 5.39. The monoisotopic (exact) mass is 537 g/mol. The first kappa shape index (κ1) is 25.8. The summed E-state index contributed by atoms with van der Waals surface area (Å²) >= 11 is 0. The van der Waals surface area contributed by atoms with Crippen LogP contribution in [-0.4, -0.2) is 75.0 Å². The van der Waals surface area contributed by atoms with Gasteiger partial charge in [-0.15, -0.1) is 0 Å². The number of aromatic nitrogens is 5. The van der Waals surface area contributed by atoms with E-state index >= 15 is 0 Å².